The number of carbonyl (C=O) groups is 1. The van der Waals surface area contributed by atoms with Crippen molar-refractivity contribution in [2.75, 3.05) is 24.2 Å². The van der Waals surface area contributed by atoms with Gasteiger partial charge in [-0.05, 0) is 18.1 Å². The maximum Gasteiger partial charge on any atom is 0.271 e. The van der Waals surface area contributed by atoms with Gasteiger partial charge >= 0.3 is 0 Å². The fourth-order valence-electron chi connectivity index (χ4n) is 2.84. The topological polar surface area (TPSA) is 119 Å². The molecule has 0 aliphatic heterocycles. The van der Waals surface area contributed by atoms with Gasteiger partial charge in [0.1, 0.15) is 18.0 Å². The SMILES string of the molecule is CC[C@@H](NC(=O)CN(c1cc([N+](=O)[O-])ccc1OC)S(C)(=O)=O)c1ccccc1. The average molecular weight is 421 g/mol. The Morgan fingerprint density at radius 1 is 1.24 bits per heavy atom. The van der Waals surface area contributed by atoms with E-state index in [2.05, 4.69) is 5.32 Å². The van der Waals surface area contributed by atoms with Gasteiger partial charge in [-0.2, -0.15) is 0 Å². The molecule has 0 heterocycles. The lowest BCUT2D eigenvalue weighted by atomic mass is 10.0. The van der Waals surface area contributed by atoms with E-state index < -0.39 is 27.4 Å². The molecule has 1 atom stereocenters. The predicted molar refractivity (Wildman–Crippen MR) is 109 cm³/mol. The number of carbonyl (C=O) groups excluding carboxylic acids is 1. The number of non-ortho nitro benzene ring substituents is 1. The highest BCUT2D eigenvalue weighted by Gasteiger charge is 2.27. The molecule has 0 radical (unpaired) electrons. The quantitative estimate of drug-likeness (QED) is 0.491. The number of hydrogen-bond acceptors (Lipinski definition) is 6. The molecule has 0 bridgehead atoms. The highest BCUT2D eigenvalue weighted by atomic mass is 32.2. The molecule has 2 aromatic carbocycles. The number of ether oxygens (including phenoxy) is 1. The summed E-state index contributed by atoms with van der Waals surface area (Å²) >= 11 is 0. The van der Waals surface area contributed by atoms with Crippen LogP contribution in [-0.4, -0.2) is 39.2 Å². The summed E-state index contributed by atoms with van der Waals surface area (Å²) in [5.74, 6) is -0.441. The van der Waals surface area contributed by atoms with Crippen LogP contribution in [0.15, 0.2) is 48.5 Å². The lowest BCUT2D eigenvalue weighted by molar-refractivity contribution is -0.384. The number of methoxy groups -OCH3 is 1. The molecule has 1 N–H and O–H groups in total. The fraction of sp³-hybridized carbons (Fsp3) is 0.316. The number of anilines is 1. The molecule has 0 saturated heterocycles. The standard InChI is InChI=1S/C19H23N3O6S/c1-4-16(14-8-6-5-7-9-14)20-19(23)13-21(29(3,26)27)17-12-15(22(24)25)10-11-18(17)28-2/h5-12,16H,4,13H2,1-3H3,(H,20,23)/t16-/m1/s1. The number of nitrogens with zero attached hydrogens (tertiary/aromatic N) is 2. The molecule has 0 aliphatic carbocycles. The van der Waals surface area contributed by atoms with Gasteiger partial charge in [-0.3, -0.25) is 19.2 Å². The van der Waals surface area contributed by atoms with Crippen LogP contribution >= 0.6 is 0 Å². The van der Waals surface area contributed by atoms with Gasteiger partial charge in [-0.15, -0.1) is 0 Å². The number of sulfonamides is 1. The Labute approximate surface area is 169 Å². The summed E-state index contributed by atoms with van der Waals surface area (Å²) in [4.78, 5) is 23.1. The van der Waals surface area contributed by atoms with Gasteiger partial charge in [0.2, 0.25) is 15.9 Å². The van der Waals surface area contributed by atoms with E-state index in [-0.39, 0.29) is 23.2 Å². The van der Waals surface area contributed by atoms with Crippen molar-refractivity contribution in [1.82, 2.24) is 5.32 Å². The van der Waals surface area contributed by atoms with Gasteiger partial charge in [0.25, 0.3) is 5.69 Å². The lowest BCUT2D eigenvalue weighted by Gasteiger charge is -2.25. The van der Waals surface area contributed by atoms with Gasteiger partial charge in [0.15, 0.2) is 0 Å². The average Bonchev–Trinajstić information content (AvgIpc) is 2.69. The zero-order valence-electron chi connectivity index (χ0n) is 16.4. The highest BCUT2D eigenvalue weighted by Crippen LogP contribution is 2.33. The summed E-state index contributed by atoms with van der Waals surface area (Å²) in [5, 5.41) is 13.9. The molecule has 0 aromatic heterocycles. The largest absolute Gasteiger partial charge is 0.495 e. The monoisotopic (exact) mass is 421 g/mol. The van der Waals surface area contributed by atoms with E-state index in [1.807, 2.05) is 37.3 Å². The molecule has 2 aromatic rings. The highest BCUT2D eigenvalue weighted by molar-refractivity contribution is 7.92. The fourth-order valence-corrected chi connectivity index (χ4v) is 3.70. The van der Waals surface area contributed by atoms with Crippen LogP contribution in [0.3, 0.4) is 0 Å². The first kappa shape index (κ1) is 22.2. The minimum Gasteiger partial charge on any atom is -0.495 e. The third-order valence-electron chi connectivity index (χ3n) is 4.27. The second-order valence-electron chi connectivity index (χ2n) is 6.32. The number of hydrogen-bond donors (Lipinski definition) is 1. The normalized spacial score (nSPS) is 12.1. The van der Waals surface area contributed by atoms with Gasteiger partial charge in [-0.25, -0.2) is 8.42 Å². The molecular weight excluding hydrogens is 398 g/mol. The summed E-state index contributed by atoms with van der Waals surface area (Å²) in [5.41, 5.74) is 0.500. The predicted octanol–water partition coefficient (Wildman–Crippen LogP) is 2.64. The van der Waals surface area contributed by atoms with Crippen molar-refractivity contribution in [3.8, 4) is 5.75 Å². The lowest BCUT2D eigenvalue weighted by Crippen LogP contribution is -2.41. The third kappa shape index (κ3) is 5.67. The number of nitro groups is 1. The molecule has 1 amide bonds. The van der Waals surface area contributed by atoms with E-state index in [4.69, 9.17) is 4.74 Å². The smallest absolute Gasteiger partial charge is 0.271 e. The molecule has 2 rings (SSSR count). The Kier molecular flexibility index (Phi) is 7.16. The summed E-state index contributed by atoms with van der Waals surface area (Å²) in [6, 6.07) is 12.6. The van der Waals surface area contributed by atoms with Crippen LogP contribution in [0.4, 0.5) is 11.4 Å². The van der Waals surface area contributed by atoms with Crippen LogP contribution in [0.25, 0.3) is 0 Å². The van der Waals surface area contributed by atoms with Crippen molar-refractivity contribution in [1.29, 1.82) is 0 Å². The second-order valence-corrected chi connectivity index (χ2v) is 8.23. The van der Waals surface area contributed by atoms with E-state index in [1.54, 1.807) is 0 Å². The molecule has 0 unspecified atom stereocenters. The molecule has 9 nitrogen and oxygen atoms in total. The van der Waals surface area contributed by atoms with Crippen molar-refractivity contribution < 1.29 is 22.9 Å². The van der Waals surface area contributed by atoms with Crippen LogP contribution in [0.2, 0.25) is 0 Å². The number of amides is 1. The molecule has 0 spiro atoms. The van der Waals surface area contributed by atoms with Crippen LogP contribution in [0.1, 0.15) is 24.9 Å². The zero-order chi connectivity index (χ0) is 21.6. The number of rotatable bonds is 9. The first-order valence-corrected chi connectivity index (χ1v) is 10.7. The van der Waals surface area contributed by atoms with Crippen molar-refractivity contribution in [3.63, 3.8) is 0 Å². The van der Waals surface area contributed by atoms with Gasteiger partial charge in [-0.1, -0.05) is 37.3 Å². The van der Waals surface area contributed by atoms with Crippen LogP contribution in [-0.2, 0) is 14.8 Å². The molecule has 10 heteroatoms. The number of benzene rings is 2. The van der Waals surface area contributed by atoms with Crippen LogP contribution < -0.4 is 14.4 Å². The summed E-state index contributed by atoms with van der Waals surface area (Å²) < 4.78 is 30.7. The Morgan fingerprint density at radius 2 is 1.90 bits per heavy atom. The maximum absolute atomic E-state index is 12.6. The number of nitrogens with one attached hydrogen (secondary N) is 1. The first-order valence-electron chi connectivity index (χ1n) is 8.81. The van der Waals surface area contributed by atoms with Crippen molar-refractivity contribution >= 4 is 27.3 Å². The minimum absolute atomic E-state index is 0.0768. The Hall–Kier alpha value is -3.14. The van der Waals surface area contributed by atoms with E-state index in [0.29, 0.717) is 6.42 Å². The Balaban J connectivity index is 2.34. The molecule has 0 saturated carbocycles. The first-order chi connectivity index (χ1) is 13.7. The molecule has 156 valence electrons. The van der Waals surface area contributed by atoms with E-state index in [0.717, 1.165) is 22.2 Å². The van der Waals surface area contributed by atoms with Crippen molar-refractivity contribution in [2.24, 2.45) is 0 Å². The maximum atomic E-state index is 12.6. The molecule has 0 fully saturated rings. The van der Waals surface area contributed by atoms with E-state index >= 15 is 0 Å². The van der Waals surface area contributed by atoms with E-state index in [9.17, 15) is 23.3 Å². The molecule has 29 heavy (non-hydrogen) atoms. The van der Waals surface area contributed by atoms with Crippen LogP contribution in [0.5, 0.6) is 5.75 Å². The van der Waals surface area contributed by atoms with Crippen LogP contribution in [0, 0.1) is 10.1 Å². The molecular formula is C19H23N3O6S. The summed E-state index contributed by atoms with van der Waals surface area (Å²) in [6.07, 6.45) is 1.53. The van der Waals surface area contributed by atoms with Crippen molar-refractivity contribution in [3.05, 3.63) is 64.2 Å². The zero-order valence-corrected chi connectivity index (χ0v) is 17.2. The summed E-state index contributed by atoms with van der Waals surface area (Å²) in [7, 11) is -2.61. The van der Waals surface area contributed by atoms with Gasteiger partial charge in [0, 0.05) is 12.1 Å². The molecule has 0 aliphatic rings. The van der Waals surface area contributed by atoms with Gasteiger partial charge in [0.05, 0.1) is 24.3 Å². The Bertz CT molecular complexity index is 979. The second kappa shape index (κ2) is 9.37. The van der Waals surface area contributed by atoms with Gasteiger partial charge < -0.3 is 10.1 Å². The van der Waals surface area contributed by atoms with E-state index in [1.165, 1.54) is 19.2 Å². The number of nitro benzene ring substituents is 1. The Morgan fingerprint density at radius 3 is 2.41 bits per heavy atom. The van der Waals surface area contributed by atoms with Crippen molar-refractivity contribution in [2.45, 2.75) is 19.4 Å². The summed E-state index contributed by atoms with van der Waals surface area (Å²) in [6.45, 7) is 1.36. The minimum atomic E-state index is -3.93. The third-order valence-corrected chi connectivity index (χ3v) is 5.40.